The molecule has 0 aliphatic rings. The smallest absolute Gasteiger partial charge is 0.339 e. The summed E-state index contributed by atoms with van der Waals surface area (Å²) < 4.78 is 10.5. The molecule has 0 bridgehead atoms. The van der Waals surface area contributed by atoms with Crippen LogP contribution in [0, 0.1) is 0 Å². The monoisotopic (exact) mass is 274 g/mol. The average molecular weight is 274 g/mol. The molecule has 0 unspecified atom stereocenters. The fourth-order valence-electron chi connectivity index (χ4n) is 1.67. The molecule has 0 aliphatic carbocycles. The van der Waals surface area contributed by atoms with Gasteiger partial charge < -0.3 is 19.7 Å². The quantitative estimate of drug-likeness (QED) is 0.876. The van der Waals surface area contributed by atoms with Gasteiger partial charge in [0.05, 0.1) is 7.11 Å². The van der Waals surface area contributed by atoms with Gasteiger partial charge in [0.15, 0.2) is 0 Å². The number of ether oxygens (including phenoxy) is 2. The third-order valence-corrected chi connectivity index (χ3v) is 2.76. The number of carboxylic acid groups (broad SMARTS) is 1. The number of aromatic hydroxyl groups is 1. The van der Waals surface area contributed by atoms with E-state index >= 15 is 0 Å². The Labute approximate surface area is 116 Å². The summed E-state index contributed by atoms with van der Waals surface area (Å²) in [7, 11) is 1.60. The minimum Gasteiger partial charge on any atom is -0.507 e. The van der Waals surface area contributed by atoms with Gasteiger partial charge in [-0.25, -0.2) is 4.79 Å². The first kappa shape index (κ1) is 13.7. The first-order valence-corrected chi connectivity index (χ1v) is 5.92. The second kappa shape index (κ2) is 5.97. The molecule has 2 rings (SSSR count). The fraction of sp³-hybridized carbons (Fsp3) is 0.133. The van der Waals surface area contributed by atoms with Gasteiger partial charge >= 0.3 is 5.97 Å². The maximum Gasteiger partial charge on any atom is 0.339 e. The van der Waals surface area contributed by atoms with Crippen LogP contribution in [0.5, 0.6) is 17.2 Å². The number of phenols is 1. The van der Waals surface area contributed by atoms with Crippen molar-refractivity contribution in [2.45, 2.75) is 6.61 Å². The zero-order valence-corrected chi connectivity index (χ0v) is 10.9. The van der Waals surface area contributed by atoms with Crippen molar-refractivity contribution in [3.8, 4) is 17.2 Å². The van der Waals surface area contributed by atoms with E-state index in [0.717, 1.165) is 11.3 Å². The molecular weight excluding hydrogens is 260 g/mol. The van der Waals surface area contributed by atoms with Crippen molar-refractivity contribution in [3.63, 3.8) is 0 Å². The molecule has 5 nitrogen and oxygen atoms in total. The van der Waals surface area contributed by atoms with Gasteiger partial charge in [0, 0.05) is 6.07 Å². The molecule has 0 aromatic heterocycles. The average Bonchev–Trinajstić information content (AvgIpc) is 2.45. The Morgan fingerprint density at radius 3 is 2.30 bits per heavy atom. The van der Waals surface area contributed by atoms with Crippen LogP contribution in [-0.2, 0) is 6.61 Å². The molecular formula is C15H14O5. The van der Waals surface area contributed by atoms with Crippen molar-refractivity contribution in [3.05, 3.63) is 53.6 Å². The SMILES string of the molecule is COc1ccc(COc2ccc(C(=O)O)c(O)c2)cc1. The predicted molar refractivity (Wildman–Crippen MR) is 72.4 cm³/mol. The molecule has 0 spiro atoms. The number of hydrogen-bond acceptors (Lipinski definition) is 4. The van der Waals surface area contributed by atoms with Crippen molar-refractivity contribution in [2.24, 2.45) is 0 Å². The lowest BCUT2D eigenvalue weighted by Crippen LogP contribution is -1.99. The Morgan fingerprint density at radius 2 is 1.75 bits per heavy atom. The largest absolute Gasteiger partial charge is 0.507 e. The third-order valence-electron chi connectivity index (χ3n) is 2.76. The summed E-state index contributed by atoms with van der Waals surface area (Å²) in [5.41, 5.74) is 0.786. The van der Waals surface area contributed by atoms with E-state index in [-0.39, 0.29) is 11.3 Å². The van der Waals surface area contributed by atoms with Crippen LogP contribution in [0.2, 0.25) is 0 Å². The molecule has 0 fully saturated rings. The maximum absolute atomic E-state index is 10.8. The van der Waals surface area contributed by atoms with E-state index in [2.05, 4.69) is 0 Å². The third kappa shape index (κ3) is 3.20. The van der Waals surface area contributed by atoms with Gasteiger partial charge in [0.1, 0.15) is 29.4 Å². The van der Waals surface area contributed by atoms with Crippen LogP contribution in [0.15, 0.2) is 42.5 Å². The summed E-state index contributed by atoms with van der Waals surface area (Å²) in [4.78, 5) is 10.8. The molecule has 0 amide bonds. The molecule has 0 heterocycles. The number of rotatable bonds is 5. The zero-order chi connectivity index (χ0) is 14.5. The molecule has 2 aromatic rings. The van der Waals surface area contributed by atoms with Gasteiger partial charge in [-0.15, -0.1) is 0 Å². The molecule has 104 valence electrons. The van der Waals surface area contributed by atoms with Crippen molar-refractivity contribution in [1.29, 1.82) is 0 Å². The minimum absolute atomic E-state index is 0.151. The predicted octanol–water partition coefficient (Wildman–Crippen LogP) is 2.68. The second-order valence-electron chi connectivity index (χ2n) is 4.12. The lowest BCUT2D eigenvalue weighted by atomic mass is 10.2. The lowest BCUT2D eigenvalue weighted by Gasteiger charge is -2.08. The Morgan fingerprint density at radius 1 is 1.10 bits per heavy atom. The molecule has 0 saturated carbocycles. The molecule has 5 heteroatoms. The molecule has 0 saturated heterocycles. The number of benzene rings is 2. The second-order valence-corrected chi connectivity index (χ2v) is 4.12. The van der Waals surface area contributed by atoms with Crippen LogP contribution in [0.4, 0.5) is 0 Å². The highest BCUT2D eigenvalue weighted by atomic mass is 16.5. The summed E-state index contributed by atoms with van der Waals surface area (Å²) in [5.74, 6) is -0.325. The summed E-state index contributed by atoms with van der Waals surface area (Å²) >= 11 is 0. The van der Waals surface area contributed by atoms with E-state index in [9.17, 15) is 9.90 Å². The van der Waals surface area contributed by atoms with E-state index < -0.39 is 5.97 Å². The summed E-state index contributed by atoms with van der Waals surface area (Å²) in [5, 5.41) is 18.4. The van der Waals surface area contributed by atoms with E-state index in [1.165, 1.54) is 18.2 Å². The Kier molecular flexibility index (Phi) is 4.10. The van der Waals surface area contributed by atoms with Crippen molar-refractivity contribution >= 4 is 5.97 Å². The normalized spacial score (nSPS) is 10.1. The van der Waals surface area contributed by atoms with Gasteiger partial charge in [-0.05, 0) is 29.8 Å². The highest BCUT2D eigenvalue weighted by Crippen LogP contribution is 2.24. The highest BCUT2D eigenvalue weighted by molar-refractivity contribution is 5.90. The highest BCUT2D eigenvalue weighted by Gasteiger charge is 2.10. The van der Waals surface area contributed by atoms with Gasteiger partial charge in [-0.1, -0.05) is 12.1 Å². The molecule has 0 atom stereocenters. The Balaban J connectivity index is 2.03. The molecule has 20 heavy (non-hydrogen) atoms. The fourth-order valence-corrected chi connectivity index (χ4v) is 1.67. The van der Waals surface area contributed by atoms with E-state index in [4.69, 9.17) is 14.6 Å². The zero-order valence-electron chi connectivity index (χ0n) is 10.9. The van der Waals surface area contributed by atoms with Crippen LogP contribution < -0.4 is 9.47 Å². The van der Waals surface area contributed by atoms with Gasteiger partial charge in [-0.2, -0.15) is 0 Å². The number of aromatic carboxylic acids is 1. The van der Waals surface area contributed by atoms with Crippen molar-refractivity contribution < 1.29 is 24.5 Å². The lowest BCUT2D eigenvalue weighted by molar-refractivity contribution is 0.0693. The molecule has 0 aliphatic heterocycles. The van der Waals surface area contributed by atoms with E-state index in [1.54, 1.807) is 7.11 Å². The van der Waals surface area contributed by atoms with Gasteiger partial charge in [0.25, 0.3) is 0 Å². The minimum atomic E-state index is -1.18. The van der Waals surface area contributed by atoms with Crippen LogP contribution >= 0.6 is 0 Å². The first-order chi connectivity index (χ1) is 9.60. The van der Waals surface area contributed by atoms with E-state index in [0.29, 0.717) is 12.4 Å². The number of carbonyl (C=O) groups is 1. The topological polar surface area (TPSA) is 76.0 Å². The first-order valence-electron chi connectivity index (χ1n) is 5.92. The summed E-state index contributed by atoms with van der Waals surface area (Å²) in [6, 6.07) is 11.5. The summed E-state index contributed by atoms with van der Waals surface area (Å²) in [6.45, 7) is 0.315. The van der Waals surface area contributed by atoms with Gasteiger partial charge in [0.2, 0.25) is 0 Å². The van der Waals surface area contributed by atoms with Crippen LogP contribution in [0.25, 0.3) is 0 Å². The van der Waals surface area contributed by atoms with E-state index in [1.807, 2.05) is 24.3 Å². The maximum atomic E-state index is 10.8. The number of methoxy groups -OCH3 is 1. The molecule has 2 aromatic carbocycles. The van der Waals surface area contributed by atoms with Crippen molar-refractivity contribution in [2.75, 3.05) is 7.11 Å². The standard InChI is InChI=1S/C15H14O5/c1-19-11-4-2-10(3-5-11)9-20-12-6-7-13(15(17)18)14(16)8-12/h2-8,16H,9H2,1H3,(H,17,18). The van der Waals surface area contributed by atoms with Crippen molar-refractivity contribution in [1.82, 2.24) is 0 Å². The number of carboxylic acids is 1. The van der Waals surface area contributed by atoms with Gasteiger partial charge in [-0.3, -0.25) is 0 Å². The Hall–Kier alpha value is -2.69. The Bertz CT molecular complexity index is 604. The van der Waals surface area contributed by atoms with Crippen LogP contribution in [-0.4, -0.2) is 23.3 Å². The molecule has 2 N–H and O–H groups in total. The summed E-state index contributed by atoms with van der Waals surface area (Å²) in [6.07, 6.45) is 0. The molecule has 0 radical (unpaired) electrons. The van der Waals surface area contributed by atoms with Crippen LogP contribution in [0.1, 0.15) is 15.9 Å². The number of hydrogen-bond donors (Lipinski definition) is 2. The van der Waals surface area contributed by atoms with Crippen LogP contribution in [0.3, 0.4) is 0 Å².